The van der Waals surface area contributed by atoms with Crippen molar-refractivity contribution in [2.45, 2.75) is 38.0 Å². The summed E-state index contributed by atoms with van der Waals surface area (Å²) in [4.78, 5) is 2.58. The van der Waals surface area contributed by atoms with Gasteiger partial charge in [-0.3, -0.25) is 0 Å². The molecule has 24 heavy (non-hydrogen) atoms. The maximum absolute atomic E-state index is 12.9. The lowest BCUT2D eigenvalue weighted by atomic mass is 9.89. The van der Waals surface area contributed by atoms with Gasteiger partial charge >= 0.3 is 0 Å². The molecule has 128 valence electrons. The summed E-state index contributed by atoms with van der Waals surface area (Å²) in [5, 5.41) is 0.817. The van der Waals surface area contributed by atoms with Crippen molar-refractivity contribution < 1.29 is 4.39 Å². The highest BCUT2D eigenvalue weighted by atomic mass is 35.5. The lowest BCUT2D eigenvalue weighted by Gasteiger charge is -2.32. The van der Waals surface area contributed by atoms with Crippen LogP contribution in [-0.4, -0.2) is 24.5 Å². The zero-order valence-electron chi connectivity index (χ0n) is 14.1. The first-order valence-corrected chi connectivity index (χ1v) is 9.31. The Morgan fingerprint density at radius 1 is 0.917 bits per heavy atom. The molecule has 0 saturated carbocycles. The van der Waals surface area contributed by atoms with Crippen LogP contribution in [0.5, 0.6) is 0 Å². The summed E-state index contributed by atoms with van der Waals surface area (Å²) < 4.78 is 12.9. The lowest BCUT2D eigenvalue weighted by Crippen LogP contribution is -2.33. The minimum Gasteiger partial charge on any atom is -0.303 e. The summed E-state index contributed by atoms with van der Waals surface area (Å²) in [5.41, 5.74) is 2.66. The van der Waals surface area contributed by atoms with Gasteiger partial charge in [0.25, 0.3) is 0 Å². The van der Waals surface area contributed by atoms with Crippen molar-refractivity contribution >= 4 is 11.6 Å². The first kappa shape index (κ1) is 17.4. The van der Waals surface area contributed by atoms with Gasteiger partial charge < -0.3 is 4.90 Å². The van der Waals surface area contributed by atoms with Crippen molar-refractivity contribution in [2.75, 3.05) is 19.6 Å². The third kappa shape index (κ3) is 5.06. The number of hydrogen-bond donors (Lipinski definition) is 0. The van der Waals surface area contributed by atoms with E-state index >= 15 is 0 Å². The number of halogens is 2. The van der Waals surface area contributed by atoms with E-state index in [9.17, 15) is 4.39 Å². The standard InChI is InChI=1S/C21H25ClFN/c22-20-8-6-18(7-9-20)19-12-15-24(16-13-19)14-2-1-3-17-4-10-21(23)11-5-17/h4-11,19H,1-3,12-16H2. The second-order valence-electron chi connectivity index (χ2n) is 6.75. The minimum atomic E-state index is -0.151. The van der Waals surface area contributed by atoms with Crippen LogP contribution >= 0.6 is 11.6 Å². The monoisotopic (exact) mass is 345 g/mol. The fourth-order valence-electron chi connectivity index (χ4n) is 3.54. The molecule has 0 N–H and O–H groups in total. The smallest absolute Gasteiger partial charge is 0.123 e. The zero-order chi connectivity index (χ0) is 16.8. The van der Waals surface area contributed by atoms with E-state index in [1.165, 1.54) is 56.4 Å². The van der Waals surface area contributed by atoms with E-state index < -0.39 is 0 Å². The van der Waals surface area contributed by atoms with Crippen molar-refractivity contribution in [3.8, 4) is 0 Å². The van der Waals surface area contributed by atoms with E-state index in [-0.39, 0.29) is 5.82 Å². The van der Waals surface area contributed by atoms with Gasteiger partial charge in [0.15, 0.2) is 0 Å². The van der Waals surface area contributed by atoms with E-state index in [0.29, 0.717) is 5.92 Å². The van der Waals surface area contributed by atoms with Crippen LogP contribution in [0.1, 0.15) is 42.7 Å². The Morgan fingerprint density at radius 3 is 2.25 bits per heavy atom. The van der Waals surface area contributed by atoms with Crippen LogP contribution in [0.15, 0.2) is 48.5 Å². The third-order valence-corrected chi connectivity index (χ3v) is 5.28. The van der Waals surface area contributed by atoms with Crippen LogP contribution in [0.3, 0.4) is 0 Å². The van der Waals surface area contributed by atoms with Crippen molar-refractivity contribution in [3.63, 3.8) is 0 Å². The molecule has 1 fully saturated rings. The van der Waals surface area contributed by atoms with Crippen LogP contribution < -0.4 is 0 Å². The highest BCUT2D eigenvalue weighted by Gasteiger charge is 2.20. The molecule has 0 aromatic heterocycles. The highest BCUT2D eigenvalue weighted by molar-refractivity contribution is 6.30. The Balaban J connectivity index is 1.35. The molecule has 1 aliphatic heterocycles. The molecular formula is C21H25ClFN. The molecule has 0 spiro atoms. The van der Waals surface area contributed by atoms with Gasteiger partial charge in [-0.15, -0.1) is 0 Å². The number of unbranched alkanes of at least 4 members (excludes halogenated alkanes) is 1. The van der Waals surface area contributed by atoms with Crippen molar-refractivity contribution in [1.82, 2.24) is 4.90 Å². The Bertz CT molecular complexity index is 615. The second-order valence-corrected chi connectivity index (χ2v) is 7.19. The first-order chi connectivity index (χ1) is 11.7. The molecule has 3 rings (SSSR count). The Kier molecular flexibility index (Phi) is 6.28. The maximum Gasteiger partial charge on any atom is 0.123 e. The fraction of sp³-hybridized carbons (Fsp3) is 0.429. The van der Waals surface area contributed by atoms with Crippen LogP contribution in [0, 0.1) is 5.82 Å². The molecule has 1 heterocycles. The molecule has 0 radical (unpaired) electrons. The average molecular weight is 346 g/mol. The van der Waals surface area contributed by atoms with E-state index in [2.05, 4.69) is 17.0 Å². The molecule has 1 nitrogen and oxygen atoms in total. The Morgan fingerprint density at radius 2 is 1.58 bits per heavy atom. The minimum absolute atomic E-state index is 0.151. The van der Waals surface area contributed by atoms with Crippen molar-refractivity contribution in [2.24, 2.45) is 0 Å². The van der Waals surface area contributed by atoms with Gasteiger partial charge in [-0.2, -0.15) is 0 Å². The van der Waals surface area contributed by atoms with Gasteiger partial charge in [0, 0.05) is 5.02 Å². The molecule has 2 aromatic rings. The van der Waals surface area contributed by atoms with Gasteiger partial charge in [-0.1, -0.05) is 35.9 Å². The number of benzene rings is 2. The molecule has 1 aliphatic rings. The normalized spacial score (nSPS) is 16.4. The third-order valence-electron chi connectivity index (χ3n) is 5.03. The van der Waals surface area contributed by atoms with Crippen LogP contribution in [0.4, 0.5) is 4.39 Å². The van der Waals surface area contributed by atoms with Crippen LogP contribution in [0.25, 0.3) is 0 Å². The number of aryl methyl sites for hydroxylation is 1. The summed E-state index contributed by atoms with van der Waals surface area (Å²) in [5.74, 6) is 0.528. The molecule has 1 saturated heterocycles. The summed E-state index contributed by atoms with van der Waals surface area (Å²) in [6, 6.07) is 15.2. The summed E-state index contributed by atoms with van der Waals surface area (Å²) in [6.45, 7) is 3.54. The summed E-state index contributed by atoms with van der Waals surface area (Å²) in [7, 11) is 0. The molecular weight excluding hydrogens is 321 g/mol. The summed E-state index contributed by atoms with van der Waals surface area (Å²) in [6.07, 6.45) is 5.90. The van der Waals surface area contributed by atoms with Gasteiger partial charge in [-0.05, 0) is 93.0 Å². The molecule has 0 amide bonds. The number of nitrogens with zero attached hydrogens (tertiary/aromatic N) is 1. The van der Waals surface area contributed by atoms with E-state index in [1.807, 2.05) is 24.3 Å². The van der Waals surface area contributed by atoms with Gasteiger partial charge in [-0.25, -0.2) is 4.39 Å². The maximum atomic E-state index is 12.9. The van der Waals surface area contributed by atoms with Crippen LogP contribution in [-0.2, 0) is 6.42 Å². The lowest BCUT2D eigenvalue weighted by molar-refractivity contribution is 0.209. The Labute approximate surface area is 149 Å². The molecule has 0 unspecified atom stereocenters. The molecule has 0 atom stereocenters. The van der Waals surface area contributed by atoms with Crippen LogP contribution in [0.2, 0.25) is 5.02 Å². The molecule has 0 aliphatic carbocycles. The van der Waals surface area contributed by atoms with E-state index in [1.54, 1.807) is 12.1 Å². The SMILES string of the molecule is Fc1ccc(CCCCN2CCC(c3ccc(Cl)cc3)CC2)cc1. The molecule has 0 bridgehead atoms. The van der Waals surface area contributed by atoms with Crippen molar-refractivity contribution in [3.05, 3.63) is 70.5 Å². The number of likely N-dealkylation sites (tertiary alicyclic amines) is 1. The first-order valence-electron chi connectivity index (χ1n) is 8.93. The Hall–Kier alpha value is -1.38. The van der Waals surface area contributed by atoms with Gasteiger partial charge in [0.1, 0.15) is 5.82 Å². The fourth-order valence-corrected chi connectivity index (χ4v) is 3.67. The summed E-state index contributed by atoms with van der Waals surface area (Å²) >= 11 is 5.97. The predicted molar refractivity (Wildman–Crippen MR) is 99.2 cm³/mol. The average Bonchev–Trinajstić information content (AvgIpc) is 2.62. The second kappa shape index (κ2) is 8.64. The zero-order valence-corrected chi connectivity index (χ0v) is 14.8. The topological polar surface area (TPSA) is 3.24 Å². The van der Waals surface area contributed by atoms with Gasteiger partial charge in [0.2, 0.25) is 0 Å². The number of piperidine rings is 1. The number of rotatable bonds is 6. The largest absolute Gasteiger partial charge is 0.303 e. The number of hydrogen-bond acceptors (Lipinski definition) is 1. The van der Waals surface area contributed by atoms with E-state index in [0.717, 1.165) is 11.4 Å². The van der Waals surface area contributed by atoms with Crippen molar-refractivity contribution in [1.29, 1.82) is 0 Å². The molecule has 3 heteroatoms. The highest BCUT2D eigenvalue weighted by Crippen LogP contribution is 2.28. The quantitative estimate of drug-likeness (QED) is 0.608. The van der Waals surface area contributed by atoms with Gasteiger partial charge in [0.05, 0.1) is 0 Å². The molecule has 2 aromatic carbocycles. The predicted octanol–water partition coefficient (Wildman–Crippen LogP) is 5.68. The van der Waals surface area contributed by atoms with E-state index in [4.69, 9.17) is 11.6 Å².